The monoisotopic (exact) mass is 196 g/mol. The van der Waals surface area contributed by atoms with Crippen molar-refractivity contribution in [2.45, 2.75) is 67.2 Å². The Labute approximate surface area is 90.5 Å². The Morgan fingerprint density at radius 1 is 1.07 bits per heavy atom. The van der Waals surface area contributed by atoms with Gasteiger partial charge in [-0.1, -0.05) is 41.5 Å². The van der Waals surface area contributed by atoms with E-state index in [1.54, 1.807) is 0 Å². The summed E-state index contributed by atoms with van der Waals surface area (Å²) in [6, 6.07) is 0. The summed E-state index contributed by atoms with van der Waals surface area (Å²) in [5, 5.41) is 0. The maximum atomic E-state index is 2.47. The average Bonchev–Trinajstić information content (AvgIpc) is 1.97. The zero-order valence-electron chi connectivity index (χ0n) is 11.0. The first kappa shape index (κ1) is 12.1. The SMILES string of the molecule is CC(C)CC1CC(C)(C)CCC1(C)C. The maximum absolute atomic E-state index is 2.47. The maximum Gasteiger partial charge on any atom is -0.0325 e. The lowest BCUT2D eigenvalue weighted by molar-refractivity contribution is 0.0416. The fraction of sp³-hybridized carbons (Fsp3) is 1.00. The molecule has 0 nitrogen and oxygen atoms in total. The molecule has 1 rings (SSSR count). The van der Waals surface area contributed by atoms with Gasteiger partial charge in [0.1, 0.15) is 0 Å². The highest BCUT2D eigenvalue weighted by Gasteiger charge is 2.39. The van der Waals surface area contributed by atoms with E-state index < -0.39 is 0 Å². The van der Waals surface area contributed by atoms with E-state index in [9.17, 15) is 0 Å². The van der Waals surface area contributed by atoms with Gasteiger partial charge in [0.05, 0.1) is 0 Å². The van der Waals surface area contributed by atoms with Gasteiger partial charge in [0.15, 0.2) is 0 Å². The Balaban J connectivity index is 2.67. The van der Waals surface area contributed by atoms with Crippen LogP contribution in [0, 0.1) is 22.7 Å². The van der Waals surface area contributed by atoms with E-state index in [1.165, 1.54) is 25.7 Å². The van der Waals surface area contributed by atoms with Crippen LogP contribution in [0.15, 0.2) is 0 Å². The molecule has 0 spiro atoms. The molecule has 0 heterocycles. The molecular weight excluding hydrogens is 168 g/mol. The van der Waals surface area contributed by atoms with Crippen LogP contribution in [0.3, 0.4) is 0 Å². The normalized spacial score (nSPS) is 30.6. The van der Waals surface area contributed by atoms with Gasteiger partial charge in [-0.2, -0.15) is 0 Å². The van der Waals surface area contributed by atoms with Crippen molar-refractivity contribution >= 4 is 0 Å². The second kappa shape index (κ2) is 3.87. The summed E-state index contributed by atoms with van der Waals surface area (Å²) in [5.74, 6) is 1.79. The van der Waals surface area contributed by atoms with Gasteiger partial charge in [-0.3, -0.25) is 0 Å². The van der Waals surface area contributed by atoms with Crippen LogP contribution in [0.2, 0.25) is 0 Å². The van der Waals surface area contributed by atoms with E-state index in [1.807, 2.05) is 0 Å². The highest BCUT2D eigenvalue weighted by atomic mass is 14.4. The van der Waals surface area contributed by atoms with Crippen molar-refractivity contribution in [1.29, 1.82) is 0 Å². The van der Waals surface area contributed by atoms with Gasteiger partial charge in [-0.05, 0) is 48.3 Å². The molecule has 1 saturated carbocycles. The molecule has 1 fully saturated rings. The van der Waals surface area contributed by atoms with Crippen molar-refractivity contribution in [3.63, 3.8) is 0 Å². The highest BCUT2D eigenvalue weighted by molar-refractivity contribution is 4.90. The lowest BCUT2D eigenvalue weighted by Crippen LogP contribution is -2.36. The highest BCUT2D eigenvalue weighted by Crippen LogP contribution is 2.50. The van der Waals surface area contributed by atoms with Crippen LogP contribution in [0.25, 0.3) is 0 Å². The molecule has 14 heavy (non-hydrogen) atoms. The lowest BCUT2D eigenvalue weighted by Gasteiger charge is -2.46. The van der Waals surface area contributed by atoms with Crippen LogP contribution in [0.5, 0.6) is 0 Å². The molecule has 0 heteroatoms. The third kappa shape index (κ3) is 3.00. The van der Waals surface area contributed by atoms with Crippen molar-refractivity contribution < 1.29 is 0 Å². The summed E-state index contributed by atoms with van der Waals surface area (Å²) in [6.45, 7) is 14.5. The smallest absolute Gasteiger partial charge is 0.0325 e. The summed E-state index contributed by atoms with van der Waals surface area (Å²) in [5.41, 5.74) is 1.18. The molecule has 0 bridgehead atoms. The molecule has 0 aromatic carbocycles. The standard InChI is InChI=1S/C14H28/c1-11(2)9-12-10-13(3,4)7-8-14(12,5)6/h11-12H,7-10H2,1-6H3. The minimum atomic E-state index is 0.583. The van der Waals surface area contributed by atoms with Crippen molar-refractivity contribution in [3.05, 3.63) is 0 Å². The molecule has 1 atom stereocenters. The number of hydrogen-bond acceptors (Lipinski definition) is 0. The summed E-state index contributed by atoms with van der Waals surface area (Å²) >= 11 is 0. The zero-order valence-corrected chi connectivity index (χ0v) is 11.0. The van der Waals surface area contributed by atoms with Gasteiger partial charge in [-0.25, -0.2) is 0 Å². The van der Waals surface area contributed by atoms with Gasteiger partial charge < -0.3 is 0 Å². The first-order valence-corrected chi connectivity index (χ1v) is 6.23. The third-order valence-corrected chi connectivity index (χ3v) is 4.11. The lowest BCUT2D eigenvalue weighted by atomic mass is 9.59. The van der Waals surface area contributed by atoms with Gasteiger partial charge >= 0.3 is 0 Å². The largest absolute Gasteiger partial charge is 0.0628 e. The third-order valence-electron chi connectivity index (χ3n) is 4.11. The van der Waals surface area contributed by atoms with E-state index in [-0.39, 0.29) is 0 Å². The van der Waals surface area contributed by atoms with Crippen molar-refractivity contribution in [2.75, 3.05) is 0 Å². The van der Waals surface area contributed by atoms with Crippen LogP contribution in [0.4, 0.5) is 0 Å². The minimum absolute atomic E-state index is 0.583. The van der Waals surface area contributed by atoms with E-state index >= 15 is 0 Å². The van der Waals surface area contributed by atoms with E-state index in [0.29, 0.717) is 10.8 Å². The van der Waals surface area contributed by atoms with E-state index in [4.69, 9.17) is 0 Å². The molecule has 0 radical (unpaired) electrons. The first-order chi connectivity index (χ1) is 6.23. The Kier molecular flexibility index (Phi) is 3.33. The van der Waals surface area contributed by atoms with Gasteiger partial charge in [0.25, 0.3) is 0 Å². The minimum Gasteiger partial charge on any atom is -0.0628 e. The molecule has 0 aromatic rings. The Morgan fingerprint density at radius 3 is 2.14 bits per heavy atom. The molecule has 1 aliphatic rings. The van der Waals surface area contributed by atoms with Crippen LogP contribution < -0.4 is 0 Å². The Morgan fingerprint density at radius 2 is 1.64 bits per heavy atom. The topological polar surface area (TPSA) is 0 Å². The molecule has 1 unspecified atom stereocenters. The molecule has 0 aromatic heterocycles. The molecule has 0 saturated heterocycles. The molecule has 0 amide bonds. The fourth-order valence-electron chi connectivity index (χ4n) is 2.88. The Bertz CT molecular complexity index is 186. The molecule has 1 aliphatic carbocycles. The van der Waals surface area contributed by atoms with Gasteiger partial charge in [0.2, 0.25) is 0 Å². The predicted molar refractivity (Wildman–Crippen MR) is 64.4 cm³/mol. The summed E-state index contributed by atoms with van der Waals surface area (Å²) in [7, 11) is 0. The van der Waals surface area contributed by atoms with Crippen molar-refractivity contribution in [1.82, 2.24) is 0 Å². The summed E-state index contributed by atoms with van der Waals surface area (Å²) < 4.78 is 0. The van der Waals surface area contributed by atoms with Crippen LogP contribution in [-0.2, 0) is 0 Å². The number of rotatable bonds is 2. The zero-order chi connectivity index (χ0) is 11.0. The second-order valence-electron chi connectivity index (χ2n) is 7.18. The molecule has 0 N–H and O–H groups in total. The van der Waals surface area contributed by atoms with Crippen LogP contribution in [0.1, 0.15) is 67.2 Å². The van der Waals surface area contributed by atoms with E-state index in [2.05, 4.69) is 41.5 Å². The summed E-state index contributed by atoms with van der Waals surface area (Å²) in [6.07, 6.45) is 5.67. The van der Waals surface area contributed by atoms with Crippen LogP contribution in [-0.4, -0.2) is 0 Å². The quantitative estimate of drug-likeness (QED) is 0.590. The van der Waals surface area contributed by atoms with E-state index in [0.717, 1.165) is 11.8 Å². The van der Waals surface area contributed by atoms with Crippen LogP contribution >= 0.6 is 0 Å². The predicted octanol–water partition coefficient (Wildman–Crippen LogP) is 4.89. The second-order valence-corrected chi connectivity index (χ2v) is 7.18. The van der Waals surface area contributed by atoms with Crippen molar-refractivity contribution in [3.8, 4) is 0 Å². The average molecular weight is 196 g/mol. The van der Waals surface area contributed by atoms with Crippen molar-refractivity contribution in [2.24, 2.45) is 22.7 Å². The molecular formula is C14H28. The summed E-state index contributed by atoms with van der Waals surface area (Å²) in [4.78, 5) is 0. The molecule has 0 aliphatic heterocycles. The fourth-order valence-corrected chi connectivity index (χ4v) is 2.88. The number of hydrogen-bond donors (Lipinski definition) is 0. The van der Waals surface area contributed by atoms with Gasteiger partial charge in [-0.15, -0.1) is 0 Å². The molecule has 84 valence electrons. The Hall–Kier alpha value is 0. The van der Waals surface area contributed by atoms with Gasteiger partial charge in [0, 0.05) is 0 Å². The first-order valence-electron chi connectivity index (χ1n) is 6.23.